The Balaban J connectivity index is 1.40. The first-order valence-corrected chi connectivity index (χ1v) is 11.4. The van der Waals surface area contributed by atoms with Gasteiger partial charge in [-0.1, -0.05) is 47.0 Å². The van der Waals surface area contributed by atoms with Gasteiger partial charge in [-0.15, -0.1) is 0 Å². The first-order valence-electron chi connectivity index (χ1n) is 10.6. The van der Waals surface area contributed by atoms with E-state index in [-0.39, 0.29) is 42.0 Å². The number of nitrogens with zero attached hydrogens (tertiary/aromatic N) is 1. The third kappa shape index (κ3) is 5.43. The Hall–Kier alpha value is -3.29. The highest BCUT2D eigenvalue weighted by Gasteiger charge is 2.35. The van der Waals surface area contributed by atoms with Crippen molar-refractivity contribution in [2.45, 2.75) is 20.0 Å². The second-order valence-corrected chi connectivity index (χ2v) is 8.83. The van der Waals surface area contributed by atoms with E-state index >= 15 is 0 Å². The molecule has 0 aliphatic carbocycles. The number of aryl methyl sites for hydroxylation is 1. The van der Waals surface area contributed by atoms with Crippen molar-refractivity contribution in [3.63, 3.8) is 0 Å². The Kier molecular flexibility index (Phi) is 7.24. The molecule has 2 amide bonds. The van der Waals surface area contributed by atoms with Crippen LogP contribution in [0, 0.1) is 18.7 Å². The first-order chi connectivity index (χ1) is 16.3. The van der Waals surface area contributed by atoms with Crippen molar-refractivity contribution in [3.8, 4) is 5.75 Å². The molecule has 0 radical (unpaired) electrons. The summed E-state index contributed by atoms with van der Waals surface area (Å²) in [6.45, 7) is 2.13. The first kappa shape index (κ1) is 23.9. The number of hydrazine groups is 1. The Labute approximate surface area is 206 Å². The number of carbonyl (C=O) groups excluding carboxylic acids is 2. The highest BCUT2D eigenvalue weighted by Crippen LogP contribution is 2.30. The predicted molar refractivity (Wildman–Crippen MR) is 131 cm³/mol. The van der Waals surface area contributed by atoms with Crippen molar-refractivity contribution in [1.82, 2.24) is 5.43 Å². The molecule has 6 nitrogen and oxygen atoms in total. The number of halogens is 3. The summed E-state index contributed by atoms with van der Waals surface area (Å²) in [6.07, 6.45) is 0.103. The maximum atomic E-state index is 14.1. The second kappa shape index (κ2) is 10.3. The number of hydrogen-bond acceptors (Lipinski definition) is 4. The van der Waals surface area contributed by atoms with E-state index in [1.165, 1.54) is 12.1 Å². The lowest BCUT2D eigenvalue weighted by molar-refractivity contribution is -0.125. The van der Waals surface area contributed by atoms with Crippen LogP contribution in [0.25, 0.3) is 0 Å². The Morgan fingerprint density at radius 3 is 2.65 bits per heavy atom. The van der Waals surface area contributed by atoms with Crippen LogP contribution in [0.15, 0.2) is 60.7 Å². The van der Waals surface area contributed by atoms with Gasteiger partial charge in [-0.25, -0.2) is 4.39 Å². The van der Waals surface area contributed by atoms with Crippen LogP contribution in [0.2, 0.25) is 10.0 Å². The van der Waals surface area contributed by atoms with E-state index in [1.807, 2.05) is 31.2 Å². The third-order valence-electron chi connectivity index (χ3n) is 5.54. The normalized spacial score (nSPS) is 15.4. The van der Waals surface area contributed by atoms with Gasteiger partial charge in [0.1, 0.15) is 18.2 Å². The van der Waals surface area contributed by atoms with E-state index in [2.05, 4.69) is 10.9 Å². The molecule has 2 N–H and O–H groups in total. The van der Waals surface area contributed by atoms with Crippen LogP contribution in [0.3, 0.4) is 0 Å². The van der Waals surface area contributed by atoms with E-state index < -0.39 is 11.7 Å². The molecule has 3 aromatic rings. The number of carbonyl (C=O) groups is 2. The summed E-state index contributed by atoms with van der Waals surface area (Å²) in [7, 11) is 0. The van der Waals surface area contributed by atoms with Gasteiger partial charge < -0.3 is 9.64 Å². The molecule has 0 saturated carbocycles. The summed E-state index contributed by atoms with van der Waals surface area (Å²) in [5, 5.41) is 0.662. The van der Waals surface area contributed by atoms with E-state index in [9.17, 15) is 14.0 Å². The van der Waals surface area contributed by atoms with Gasteiger partial charge in [0, 0.05) is 29.2 Å². The van der Waals surface area contributed by atoms with Crippen molar-refractivity contribution < 1.29 is 18.7 Å². The molecule has 34 heavy (non-hydrogen) atoms. The predicted octanol–water partition coefficient (Wildman–Crippen LogP) is 5.52. The van der Waals surface area contributed by atoms with Crippen molar-refractivity contribution in [2.75, 3.05) is 16.9 Å². The third-order valence-corrected chi connectivity index (χ3v) is 6.13. The molecule has 1 aliphatic heterocycles. The summed E-state index contributed by atoms with van der Waals surface area (Å²) in [5.41, 5.74) is 7.88. The van der Waals surface area contributed by atoms with Crippen LogP contribution in [0.5, 0.6) is 5.75 Å². The second-order valence-electron chi connectivity index (χ2n) is 7.98. The van der Waals surface area contributed by atoms with Crippen LogP contribution in [0.4, 0.5) is 15.8 Å². The van der Waals surface area contributed by atoms with Gasteiger partial charge in [0.25, 0.3) is 0 Å². The number of benzene rings is 3. The van der Waals surface area contributed by atoms with Crippen molar-refractivity contribution in [2.24, 2.45) is 5.92 Å². The Morgan fingerprint density at radius 1 is 1.15 bits per heavy atom. The monoisotopic (exact) mass is 501 g/mol. The summed E-state index contributed by atoms with van der Waals surface area (Å²) < 4.78 is 19.8. The SMILES string of the molecule is Cc1ccc(N2C[C@@H](C(=O)NNc3cc(Cl)ccc3OCc3c(F)cccc3Cl)CC2=O)cc1. The molecule has 4 rings (SSSR count). The summed E-state index contributed by atoms with van der Waals surface area (Å²) >= 11 is 12.2. The van der Waals surface area contributed by atoms with Crippen LogP contribution >= 0.6 is 23.2 Å². The van der Waals surface area contributed by atoms with E-state index in [0.29, 0.717) is 16.5 Å². The smallest absolute Gasteiger partial charge is 0.243 e. The molecule has 0 aromatic heterocycles. The van der Waals surface area contributed by atoms with Gasteiger partial charge in [0.15, 0.2) is 0 Å². The molecule has 1 saturated heterocycles. The van der Waals surface area contributed by atoms with Crippen LogP contribution in [-0.2, 0) is 16.2 Å². The van der Waals surface area contributed by atoms with E-state index in [0.717, 1.165) is 11.3 Å². The number of nitrogens with one attached hydrogen (secondary N) is 2. The fourth-order valence-electron chi connectivity index (χ4n) is 3.63. The number of anilines is 2. The van der Waals surface area contributed by atoms with Crippen LogP contribution in [0.1, 0.15) is 17.5 Å². The molecular weight excluding hydrogens is 480 g/mol. The molecule has 9 heteroatoms. The summed E-state index contributed by atoms with van der Waals surface area (Å²) in [6, 6.07) is 16.7. The van der Waals surface area contributed by atoms with Gasteiger partial charge in [-0.2, -0.15) is 0 Å². The molecular formula is C25H22Cl2FN3O3. The minimum Gasteiger partial charge on any atom is -0.487 e. The zero-order valence-electron chi connectivity index (χ0n) is 18.3. The average Bonchev–Trinajstić information content (AvgIpc) is 3.20. The van der Waals surface area contributed by atoms with Gasteiger partial charge in [-0.3, -0.25) is 20.4 Å². The molecule has 1 heterocycles. The highest BCUT2D eigenvalue weighted by molar-refractivity contribution is 6.31. The van der Waals surface area contributed by atoms with Crippen molar-refractivity contribution in [1.29, 1.82) is 0 Å². The zero-order chi connectivity index (χ0) is 24.2. The fraction of sp³-hybridized carbons (Fsp3) is 0.200. The summed E-state index contributed by atoms with van der Waals surface area (Å²) in [4.78, 5) is 26.8. The van der Waals surface area contributed by atoms with Crippen molar-refractivity contribution in [3.05, 3.63) is 87.7 Å². The van der Waals surface area contributed by atoms with Gasteiger partial charge >= 0.3 is 0 Å². The zero-order valence-corrected chi connectivity index (χ0v) is 19.8. The van der Waals surface area contributed by atoms with E-state index in [4.69, 9.17) is 27.9 Å². The fourth-order valence-corrected chi connectivity index (χ4v) is 4.02. The van der Waals surface area contributed by atoms with Crippen LogP contribution < -0.4 is 20.5 Å². The van der Waals surface area contributed by atoms with Gasteiger partial charge in [-0.05, 0) is 49.4 Å². The lowest BCUT2D eigenvalue weighted by Gasteiger charge is -2.18. The molecule has 3 aromatic carbocycles. The quantitative estimate of drug-likeness (QED) is 0.418. The lowest BCUT2D eigenvalue weighted by Crippen LogP contribution is -2.36. The molecule has 1 aliphatic rings. The average molecular weight is 502 g/mol. The maximum Gasteiger partial charge on any atom is 0.243 e. The molecule has 176 valence electrons. The molecule has 0 bridgehead atoms. The lowest BCUT2D eigenvalue weighted by atomic mass is 10.1. The van der Waals surface area contributed by atoms with Gasteiger partial charge in [0.05, 0.1) is 16.6 Å². The number of ether oxygens (including phenoxy) is 1. The topological polar surface area (TPSA) is 70.7 Å². The Morgan fingerprint density at radius 2 is 1.91 bits per heavy atom. The summed E-state index contributed by atoms with van der Waals surface area (Å²) in [5.74, 6) is -1.12. The number of rotatable bonds is 7. The molecule has 0 unspecified atom stereocenters. The molecule has 1 atom stereocenters. The highest BCUT2D eigenvalue weighted by atomic mass is 35.5. The van der Waals surface area contributed by atoms with Crippen LogP contribution in [-0.4, -0.2) is 18.4 Å². The standard InChI is InChI=1S/C25H22Cl2FN3O3/c1-15-5-8-18(9-6-15)31-13-16(11-24(31)32)25(33)30-29-22-12-17(26)7-10-23(22)34-14-19-20(27)3-2-4-21(19)28/h2-10,12,16,29H,11,13-14H2,1H3,(H,30,33)/t16-/m0/s1. The van der Waals surface area contributed by atoms with E-state index in [1.54, 1.807) is 29.2 Å². The molecule has 1 fully saturated rings. The maximum absolute atomic E-state index is 14.1. The Bertz CT molecular complexity index is 1200. The van der Waals surface area contributed by atoms with Gasteiger partial charge in [0.2, 0.25) is 11.8 Å². The largest absolute Gasteiger partial charge is 0.487 e. The minimum absolute atomic E-state index is 0.103. The minimum atomic E-state index is -0.526. The number of amides is 2. The number of hydrogen-bond donors (Lipinski definition) is 2. The molecule has 0 spiro atoms. The van der Waals surface area contributed by atoms with Crippen molar-refractivity contribution >= 4 is 46.4 Å².